The van der Waals surface area contributed by atoms with Gasteiger partial charge in [-0.15, -0.1) is 0 Å². The molecule has 6 heteroatoms. The number of rotatable bonds is 2. The first-order valence-electron chi connectivity index (χ1n) is 5.94. The Morgan fingerprint density at radius 2 is 1.76 bits per heavy atom. The molecule has 0 N–H and O–H groups in total. The summed E-state index contributed by atoms with van der Waals surface area (Å²) in [5.41, 5.74) is 0.491. The van der Waals surface area contributed by atoms with Gasteiger partial charge in [-0.25, -0.2) is 8.78 Å². The molecule has 0 saturated heterocycles. The Bertz CT molecular complexity index is 689. The van der Waals surface area contributed by atoms with E-state index in [0.29, 0.717) is 11.6 Å². The van der Waals surface area contributed by atoms with Gasteiger partial charge in [0.25, 0.3) is 0 Å². The third-order valence-electron chi connectivity index (χ3n) is 2.70. The van der Waals surface area contributed by atoms with Crippen LogP contribution >= 0.6 is 0 Å². The van der Waals surface area contributed by atoms with Gasteiger partial charge in [-0.05, 0) is 30.7 Å². The van der Waals surface area contributed by atoms with Crippen molar-refractivity contribution in [1.82, 2.24) is 4.98 Å². The molecule has 21 heavy (non-hydrogen) atoms. The number of aromatic nitrogens is 1. The van der Waals surface area contributed by atoms with E-state index >= 15 is 0 Å². The van der Waals surface area contributed by atoms with Crippen LogP contribution in [0.2, 0.25) is 0 Å². The minimum absolute atomic E-state index is 0.0501. The fourth-order valence-electron chi connectivity index (χ4n) is 1.74. The van der Waals surface area contributed by atoms with Crippen LogP contribution in [0.4, 0.5) is 22.0 Å². The van der Waals surface area contributed by atoms with Crippen LogP contribution in [-0.2, 0) is 0 Å². The van der Waals surface area contributed by atoms with Gasteiger partial charge in [-0.3, -0.25) is 4.98 Å². The van der Waals surface area contributed by atoms with E-state index in [9.17, 15) is 22.0 Å². The predicted molar refractivity (Wildman–Crippen MR) is 69.4 cm³/mol. The number of benzene rings is 1. The largest absolute Gasteiger partial charge is 0.409 e. The fourth-order valence-corrected chi connectivity index (χ4v) is 1.74. The third kappa shape index (κ3) is 3.87. The minimum Gasteiger partial charge on any atom is -0.253 e. The Balaban J connectivity index is 2.37. The lowest BCUT2D eigenvalue weighted by atomic mass is 10.1. The molecular formula is C15H10F5N. The number of halogens is 5. The van der Waals surface area contributed by atoms with Gasteiger partial charge in [0.1, 0.15) is 17.3 Å². The summed E-state index contributed by atoms with van der Waals surface area (Å²) in [6.45, 7) is 1.66. The van der Waals surface area contributed by atoms with Crippen LogP contribution in [0.3, 0.4) is 0 Å². The van der Waals surface area contributed by atoms with Gasteiger partial charge in [-0.2, -0.15) is 13.2 Å². The van der Waals surface area contributed by atoms with Crippen molar-refractivity contribution in [3.8, 4) is 11.3 Å². The molecule has 0 bridgehead atoms. The molecule has 2 aromatic rings. The van der Waals surface area contributed by atoms with Crippen molar-refractivity contribution in [2.45, 2.75) is 13.1 Å². The summed E-state index contributed by atoms with van der Waals surface area (Å²) < 4.78 is 63.6. The van der Waals surface area contributed by atoms with Crippen molar-refractivity contribution in [3.05, 3.63) is 59.3 Å². The van der Waals surface area contributed by atoms with Gasteiger partial charge in [0.15, 0.2) is 0 Å². The Labute approximate surface area is 117 Å². The van der Waals surface area contributed by atoms with Crippen molar-refractivity contribution in [1.29, 1.82) is 0 Å². The van der Waals surface area contributed by atoms with Gasteiger partial charge in [0, 0.05) is 23.4 Å². The van der Waals surface area contributed by atoms with Crippen molar-refractivity contribution < 1.29 is 22.0 Å². The molecule has 1 aromatic carbocycles. The van der Waals surface area contributed by atoms with Crippen LogP contribution in [0.1, 0.15) is 11.1 Å². The molecule has 0 saturated carbocycles. The minimum atomic E-state index is -4.52. The predicted octanol–water partition coefficient (Wildman–Crippen LogP) is 4.91. The first kappa shape index (κ1) is 15.2. The normalized spacial score (nSPS) is 12.1. The standard InChI is InChI=1S/C15H10F5N/c1-9-6-13(17)14(21-8-9)11-3-2-10(12(16)7-11)4-5-15(18,19)20/h2-8H,1H3/b5-4+. The molecule has 0 amide bonds. The molecular weight excluding hydrogens is 289 g/mol. The van der Waals surface area contributed by atoms with Gasteiger partial charge >= 0.3 is 6.18 Å². The molecule has 1 heterocycles. The Hall–Kier alpha value is -2.24. The molecule has 0 aliphatic carbocycles. The maximum Gasteiger partial charge on any atom is 0.409 e. The molecule has 0 unspecified atom stereocenters. The molecule has 1 aromatic heterocycles. The Morgan fingerprint density at radius 1 is 1.05 bits per heavy atom. The zero-order valence-electron chi connectivity index (χ0n) is 10.9. The van der Waals surface area contributed by atoms with E-state index in [2.05, 4.69) is 4.98 Å². The average molecular weight is 299 g/mol. The first-order valence-corrected chi connectivity index (χ1v) is 5.94. The van der Waals surface area contributed by atoms with E-state index in [0.717, 1.165) is 12.1 Å². The molecule has 110 valence electrons. The quantitative estimate of drug-likeness (QED) is 0.718. The van der Waals surface area contributed by atoms with Crippen LogP contribution in [0, 0.1) is 18.6 Å². The van der Waals surface area contributed by atoms with E-state index in [1.165, 1.54) is 18.3 Å². The Kier molecular flexibility index (Phi) is 4.06. The van der Waals surface area contributed by atoms with Gasteiger partial charge in [-0.1, -0.05) is 12.1 Å². The number of pyridine rings is 1. The van der Waals surface area contributed by atoms with E-state index in [1.54, 1.807) is 6.92 Å². The van der Waals surface area contributed by atoms with E-state index in [-0.39, 0.29) is 22.9 Å². The molecule has 0 aliphatic heterocycles. The first-order chi connectivity index (χ1) is 9.76. The molecule has 1 nitrogen and oxygen atoms in total. The summed E-state index contributed by atoms with van der Waals surface area (Å²) in [4.78, 5) is 3.86. The van der Waals surface area contributed by atoms with E-state index in [1.807, 2.05) is 0 Å². The number of nitrogens with zero attached hydrogens (tertiary/aromatic N) is 1. The second-order valence-electron chi connectivity index (χ2n) is 4.45. The highest BCUT2D eigenvalue weighted by Gasteiger charge is 2.22. The van der Waals surface area contributed by atoms with Crippen LogP contribution in [0.5, 0.6) is 0 Å². The van der Waals surface area contributed by atoms with Crippen molar-refractivity contribution in [2.24, 2.45) is 0 Å². The monoisotopic (exact) mass is 299 g/mol. The number of alkyl halides is 3. The van der Waals surface area contributed by atoms with E-state index < -0.39 is 17.8 Å². The van der Waals surface area contributed by atoms with Crippen molar-refractivity contribution in [3.63, 3.8) is 0 Å². The highest BCUT2D eigenvalue weighted by atomic mass is 19.4. The summed E-state index contributed by atoms with van der Waals surface area (Å²) in [7, 11) is 0. The average Bonchev–Trinajstić information content (AvgIpc) is 2.36. The lowest BCUT2D eigenvalue weighted by Gasteiger charge is -2.05. The van der Waals surface area contributed by atoms with E-state index in [4.69, 9.17) is 0 Å². The molecule has 0 atom stereocenters. The smallest absolute Gasteiger partial charge is 0.253 e. The lowest BCUT2D eigenvalue weighted by molar-refractivity contribution is -0.0790. The maximum atomic E-state index is 13.8. The van der Waals surface area contributed by atoms with Gasteiger partial charge < -0.3 is 0 Å². The van der Waals surface area contributed by atoms with Crippen molar-refractivity contribution >= 4 is 6.08 Å². The number of hydrogen-bond acceptors (Lipinski definition) is 1. The van der Waals surface area contributed by atoms with Crippen LogP contribution < -0.4 is 0 Å². The summed E-state index contributed by atoms with van der Waals surface area (Å²) >= 11 is 0. The molecule has 0 spiro atoms. The van der Waals surface area contributed by atoms with Gasteiger partial charge in [0.2, 0.25) is 0 Å². The third-order valence-corrected chi connectivity index (χ3v) is 2.70. The summed E-state index contributed by atoms with van der Waals surface area (Å²) in [5, 5.41) is 0. The molecule has 2 rings (SSSR count). The number of hydrogen-bond donors (Lipinski definition) is 0. The highest BCUT2D eigenvalue weighted by molar-refractivity contribution is 5.63. The van der Waals surface area contributed by atoms with Crippen molar-refractivity contribution in [2.75, 3.05) is 0 Å². The van der Waals surface area contributed by atoms with Gasteiger partial charge in [0.05, 0.1) is 0 Å². The molecule has 0 aliphatic rings. The molecule has 0 fully saturated rings. The zero-order chi connectivity index (χ0) is 15.6. The zero-order valence-corrected chi connectivity index (χ0v) is 10.9. The Morgan fingerprint density at radius 3 is 2.33 bits per heavy atom. The SMILES string of the molecule is Cc1cnc(-c2ccc(/C=C/C(F)(F)F)c(F)c2)c(F)c1. The lowest BCUT2D eigenvalue weighted by Crippen LogP contribution is -2.00. The van der Waals surface area contributed by atoms with Crippen LogP contribution in [0.15, 0.2) is 36.5 Å². The summed E-state index contributed by atoms with van der Waals surface area (Å²) in [6.07, 6.45) is -2.53. The number of aryl methyl sites for hydroxylation is 1. The van der Waals surface area contributed by atoms with Crippen LogP contribution in [0.25, 0.3) is 17.3 Å². The van der Waals surface area contributed by atoms with Crippen LogP contribution in [-0.4, -0.2) is 11.2 Å². The molecule has 0 radical (unpaired) electrons. The maximum absolute atomic E-state index is 13.8. The second kappa shape index (κ2) is 5.63. The number of allylic oxidation sites excluding steroid dienone is 1. The summed E-state index contributed by atoms with van der Waals surface area (Å²) in [6, 6.07) is 4.67. The second-order valence-corrected chi connectivity index (χ2v) is 4.45. The topological polar surface area (TPSA) is 12.9 Å². The highest BCUT2D eigenvalue weighted by Crippen LogP contribution is 2.25. The summed E-state index contributed by atoms with van der Waals surface area (Å²) in [5.74, 6) is -1.50. The fraction of sp³-hybridized carbons (Fsp3) is 0.133.